The topological polar surface area (TPSA) is 63.3 Å². The highest BCUT2D eigenvalue weighted by Crippen LogP contribution is 2.17. The molecule has 16 heavy (non-hydrogen) atoms. The number of hydrogen-bond donors (Lipinski definition) is 2. The van der Waals surface area contributed by atoms with Gasteiger partial charge in [-0.05, 0) is 19.4 Å². The van der Waals surface area contributed by atoms with Crippen molar-refractivity contribution in [3.05, 3.63) is 48.6 Å². The Bertz CT molecular complexity index is 327. The third-order valence-corrected chi connectivity index (χ3v) is 2.15. The van der Waals surface area contributed by atoms with Crippen molar-refractivity contribution >= 4 is 5.97 Å². The molecule has 0 aliphatic rings. The van der Waals surface area contributed by atoms with Crippen LogP contribution in [0.1, 0.15) is 13.8 Å². The van der Waals surface area contributed by atoms with Gasteiger partial charge in [0.2, 0.25) is 0 Å². The van der Waals surface area contributed by atoms with E-state index in [2.05, 4.69) is 6.58 Å². The third-order valence-electron chi connectivity index (χ3n) is 2.15. The van der Waals surface area contributed by atoms with E-state index in [4.69, 9.17) is 10.8 Å². The lowest BCUT2D eigenvalue weighted by Gasteiger charge is -2.18. The van der Waals surface area contributed by atoms with Crippen LogP contribution in [-0.4, -0.2) is 17.1 Å². The molecule has 0 aliphatic heterocycles. The van der Waals surface area contributed by atoms with E-state index in [1.807, 2.05) is 44.2 Å². The first-order valence-electron chi connectivity index (χ1n) is 5.15. The van der Waals surface area contributed by atoms with Gasteiger partial charge in [-0.2, -0.15) is 0 Å². The molecule has 0 aliphatic carbocycles. The molecule has 0 fully saturated rings. The highest BCUT2D eigenvalue weighted by molar-refractivity contribution is 5.74. The SMILES string of the molecule is C=C[C@H](C(/C=C\C)=C/C=C\C)[C@H](N)C(=O)O. The molecule has 0 amide bonds. The number of carbonyl (C=O) groups is 1. The highest BCUT2D eigenvalue weighted by atomic mass is 16.4. The lowest BCUT2D eigenvalue weighted by molar-refractivity contribution is -0.139. The van der Waals surface area contributed by atoms with Crippen LogP contribution in [0.15, 0.2) is 48.6 Å². The Kier molecular flexibility index (Phi) is 6.88. The van der Waals surface area contributed by atoms with Crippen LogP contribution in [0.5, 0.6) is 0 Å². The molecular weight excluding hydrogens is 202 g/mol. The molecule has 0 unspecified atom stereocenters. The van der Waals surface area contributed by atoms with Crippen molar-refractivity contribution in [2.75, 3.05) is 0 Å². The summed E-state index contributed by atoms with van der Waals surface area (Å²) < 4.78 is 0. The molecule has 0 aromatic rings. The molecular formula is C13H19NO2. The molecule has 0 saturated carbocycles. The lowest BCUT2D eigenvalue weighted by atomic mass is 9.91. The average molecular weight is 221 g/mol. The Labute approximate surface area is 96.7 Å². The van der Waals surface area contributed by atoms with E-state index >= 15 is 0 Å². The maximum Gasteiger partial charge on any atom is 0.321 e. The van der Waals surface area contributed by atoms with Gasteiger partial charge in [-0.3, -0.25) is 4.79 Å². The van der Waals surface area contributed by atoms with E-state index in [1.165, 1.54) is 0 Å². The van der Waals surface area contributed by atoms with Crippen molar-refractivity contribution in [2.24, 2.45) is 11.7 Å². The van der Waals surface area contributed by atoms with Crippen LogP contribution >= 0.6 is 0 Å². The van der Waals surface area contributed by atoms with Gasteiger partial charge in [0.05, 0.1) is 0 Å². The predicted molar refractivity (Wildman–Crippen MR) is 67.0 cm³/mol. The molecule has 0 rings (SSSR count). The Morgan fingerprint density at radius 3 is 2.38 bits per heavy atom. The molecule has 0 heterocycles. The quantitative estimate of drug-likeness (QED) is 0.534. The summed E-state index contributed by atoms with van der Waals surface area (Å²) >= 11 is 0. The van der Waals surface area contributed by atoms with E-state index < -0.39 is 12.0 Å². The molecule has 0 spiro atoms. The molecule has 0 radical (unpaired) electrons. The second-order valence-electron chi connectivity index (χ2n) is 3.32. The Balaban J connectivity index is 5.14. The zero-order valence-electron chi connectivity index (χ0n) is 9.76. The average Bonchev–Trinajstić information content (AvgIpc) is 2.26. The predicted octanol–water partition coefficient (Wildman–Crippen LogP) is 2.28. The minimum atomic E-state index is -1.03. The molecule has 3 nitrogen and oxygen atoms in total. The van der Waals surface area contributed by atoms with Gasteiger partial charge >= 0.3 is 5.97 Å². The van der Waals surface area contributed by atoms with Crippen molar-refractivity contribution < 1.29 is 9.90 Å². The largest absolute Gasteiger partial charge is 0.480 e. The lowest BCUT2D eigenvalue weighted by Crippen LogP contribution is -2.37. The summed E-state index contributed by atoms with van der Waals surface area (Å²) in [5.41, 5.74) is 6.44. The van der Waals surface area contributed by atoms with Crippen molar-refractivity contribution in [1.29, 1.82) is 0 Å². The van der Waals surface area contributed by atoms with E-state index in [9.17, 15) is 4.79 Å². The molecule has 3 N–H and O–H groups in total. The summed E-state index contributed by atoms with van der Waals surface area (Å²) in [5, 5.41) is 8.88. The van der Waals surface area contributed by atoms with E-state index in [1.54, 1.807) is 6.08 Å². The number of nitrogens with two attached hydrogens (primary N) is 1. The first-order chi connectivity index (χ1) is 7.58. The van der Waals surface area contributed by atoms with Crippen LogP contribution in [-0.2, 0) is 4.79 Å². The fourth-order valence-corrected chi connectivity index (χ4v) is 1.32. The Morgan fingerprint density at radius 1 is 1.38 bits per heavy atom. The van der Waals surface area contributed by atoms with Crippen LogP contribution in [0.2, 0.25) is 0 Å². The van der Waals surface area contributed by atoms with E-state index in [0.29, 0.717) is 0 Å². The van der Waals surface area contributed by atoms with Crippen LogP contribution in [0.4, 0.5) is 0 Å². The number of carboxylic acids is 1. The van der Waals surface area contributed by atoms with E-state index in [0.717, 1.165) is 5.57 Å². The van der Waals surface area contributed by atoms with Gasteiger partial charge in [-0.1, -0.05) is 36.5 Å². The molecule has 3 heteroatoms. The van der Waals surface area contributed by atoms with Crippen LogP contribution < -0.4 is 5.73 Å². The van der Waals surface area contributed by atoms with Crippen LogP contribution in [0, 0.1) is 5.92 Å². The summed E-state index contributed by atoms with van der Waals surface area (Å²) in [6.45, 7) is 7.40. The fraction of sp³-hybridized carbons (Fsp3) is 0.308. The van der Waals surface area contributed by atoms with Gasteiger partial charge in [-0.15, -0.1) is 6.58 Å². The maximum atomic E-state index is 10.8. The molecule has 0 aromatic heterocycles. The molecule has 0 saturated heterocycles. The zero-order valence-corrected chi connectivity index (χ0v) is 9.76. The first-order valence-corrected chi connectivity index (χ1v) is 5.15. The Hall–Kier alpha value is -1.61. The summed E-state index contributed by atoms with van der Waals surface area (Å²) in [7, 11) is 0. The molecule has 88 valence electrons. The number of hydrogen-bond acceptors (Lipinski definition) is 2. The normalized spacial score (nSPS) is 16.6. The minimum absolute atomic E-state index is 0.384. The highest BCUT2D eigenvalue weighted by Gasteiger charge is 2.23. The zero-order chi connectivity index (χ0) is 12.6. The monoisotopic (exact) mass is 221 g/mol. The maximum absolute atomic E-state index is 10.8. The van der Waals surface area contributed by atoms with Gasteiger partial charge in [-0.25, -0.2) is 0 Å². The van der Waals surface area contributed by atoms with Gasteiger partial charge in [0.15, 0.2) is 0 Å². The van der Waals surface area contributed by atoms with Crippen molar-refractivity contribution in [3.8, 4) is 0 Å². The summed E-state index contributed by atoms with van der Waals surface area (Å²) in [4.78, 5) is 10.8. The number of aliphatic carboxylic acids is 1. The second kappa shape index (κ2) is 7.65. The standard InChI is InChI=1S/C13H19NO2/c1-4-7-9-10(8-5-2)11(6-3)12(14)13(15)16/h4-9,11-12H,3,14H2,1-2H3,(H,15,16)/b7-4-,8-5-,10-9+/t11-,12+/m1/s1. The molecule has 2 atom stereocenters. The fourth-order valence-electron chi connectivity index (χ4n) is 1.32. The van der Waals surface area contributed by atoms with Gasteiger partial charge in [0.1, 0.15) is 6.04 Å². The van der Waals surface area contributed by atoms with E-state index in [-0.39, 0.29) is 5.92 Å². The first kappa shape index (κ1) is 14.4. The van der Waals surface area contributed by atoms with Crippen molar-refractivity contribution in [1.82, 2.24) is 0 Å². The molecule has 0 bridgehead atoms. The van der Waals surface area contributed by atoms with Crippen molar-refractivity contribution in [2.45, 2.75) is 19.9 Å². The third kappa shape index (κ3) is 4.28. The summed E-state index contributed by atoms with van der Waals surface area (Å²) in [6.07, 6.45) is 10.8. The molecule has 0 aromatic carbocycles. The van der Waals surface area contributed by atoms with Crippen LogP contribution in [0.3, 0.4) is 0 Å². The number of rotatable bonds is 6. The Morgan fingerprint density at radius 2 is 2.00 bits per heavy atom. The van der Waals surface area contributed by atoms with Crippen molar-refractivity contribution in [3.63, 3.8) is 0 Å². The van der Waals surface area contributed by atoms with Gasteiger partial charge in [0, 0.05) is 5.92 Å². The van der Waals surface area contributed by atoms with Gasteiger partial charge in [0.25, 0.3) is 0 Å². The van der Waals surface area contributed by atoms with Gasteiger partial charge < -0.3 is 10.8 Å². The second-order valence-corrected chi connectivity index (χ2v) is 3.32. The minimum Gasteiger partial charge on any atom is -0.480 e. The summed E-state index contributed by atoms with van der Waals surface area (Å²) in [6, 6.07) is -0.967. The van der Waals surface area contributed by atoms with Crippen LogP contribution in [0.25, 0.3) is 0 Å². The summed E-state index contributed by atoms with van der Waals surface area (Å²) in [5.74, 6) is -1.41. The number of carboxylic acid groups (broad SMARTS) is 1. The smallest absolute Gasteiger partial charge is 0.321 e. The number of allylic oxidation sites excluding steroid dienone is 5.